The maximum Gasteiger partial charge on any atom is 0.416 e. The molecule has 1 saturated carbocycles. The van der Waals surface area contributed by atoms with Gasteiger partial charge in [-0.1, -0.05) is 50.9 Å². The van der Waals surface area contributed by atoms with Crippen molar-refractivity contribution in [3.63, 3.8) is 0 Å². The molecule has 7 nitrogen and oxygen atoms in total. The van der Waals surface area contributed by atoms with Crippen LogP contribution in [0.5, 0.6) is 0 Å². The minimum Gasteiger partial charge on any atom is -0.481 e. The Labute approximate surface area is 254 Å². The Morgan fingerprint density at radius 1 is 1.14 bits per heavy atom. The topological polar surface area (TPSA) is 99.1 Å². The van der Waals surface area contributed by atoms with E-state index in [1.807, 2.05) is 6.92 Å². The van der Waals surface area contributed by atoms with Crippen LogP contribution in [0.1, 0.15) is 98.8 Å². The van der Waals surface area contributed by atoms with Gasteiger partial charge in [0.2, 0.25) is 0 Å². The quantitative estimate of drug-likeness (QED) is 0.292. The largest absolute Gasteiger partial charge is 0.481 e. The average molecular weight is 620 g/mol. The third-order valence-electron chi connectivity index (χ3n) is 8.52. The molecule has 0 unspecified atom stereocenters. The van der Waals surface area contributed by atoms with Crippen molar-refractivity contribution < 1.29 is 32.7 Å². The molecule has 1 aliphatic carbocycles. The van der Waals surface area contributed by atoms with Crippen LogP contribution in [0.2, 0.25) is 5.02 Å². The number of halogens is 4. The lowest BCUT2D eigenvalue weighted by Gasteiger charge is -2.46. The minimum atomic E-state index is -4.64. The SMILES string of the molecule is CCC[C@H](c1ccc(C(=O)NCCC(=O)O)cc1)N1C(=O)C(c2cc(Cl)cc(C(F)(F)F)c2)=NC12CCC(C(C)C)CC2. The number of alkyl halides is 3. The Morgan fingerprint density at radius 3 is 2.35 bits per heavy atom. The van der Waals surface area contributed by atoms with Crippen molar-refractivity contribution in [2.24, 2.45) is 16.8 Å². The maximum absolute atomic E-state index is 14.3. The number of carboxylic acid groups (broad SMARTS) is 1. The molecule has 1 spiro atoms. The van der Waals surface area contributed by atoms with E-state index in [-0.39, 0.29) is 29.3 Å². The molecule has 0 radical (unpaired) electrons. The summed E-state index contributed by atoms with van der Waals surface area (Å²) in [6.45, 7) is 6.32. The molecular weight excluding hydrogens is 583 g/mol. The highest BCUT2D eigenvalue weighted by atomic mass is 35.5. The third-order valence-corrected chi connectivity index (χ3v) is 8.74. The summed E-state index contributed by atoms with van der Waals surface area (Å²) in [6.07, 6.45) is -0.700. The van der Waals surface area contributed by atoms with Crippen molar-refractivity contribution in [1.82, 2.24) is 10.2 Å². The second-order valence-corrected chi connectivity index (χ2v) is 12.2. The number of carboxylic acids is 1. The monoisotopic (exact) mass is 619 g/mol. The highest BCUT2D eigenvalue weighted by Gasteiger charge is 2.52. The van der Waals surface area contributed by atoms with Crippen molar-refractivity contribution >= 4 is 35.1 Å². The second-order valence-electron chi connectivity index (χ2n) is 11.8. The number of aliphatic carboxylic acids is 1. The standard InChI is InChI=1S/C32H37ClF3N3O4/c1-4-5-26(21-6-8-22(9-7-21)29(42)37-15-12-27(40)41)39-30(43)28(23-16-24(32(34,35)36)18-25(33)17-23)38-31(39)13-10-20(11-14-31)19(2)3/h6-9,16-20,26H,4-5,10-15H2,1-3H3,(H,37,42)(H,40,41)/t20?,26-,31?/m1/s1. The maximum atomic E-state index is 14.3. The van der Waals surface area contributed by atoms with Gasteiger partial charge in [0.15, 0.2) is 0 Å². The van der Waals surface area contributed by atoms with Crippen LogP contribution < -0.4 is 5.32 Å². The Balaban J connectivity index is 1.72. The first kappa shape index (κ1) is 32.5. The van der Waals surface area contributed by atoms with E-state index in [2.05, 4.69) is 19.2 Å². The van der Waals surface area contributed by atoms with Gasteiger partial charge < -0.3 is 15.3 Å². The van der Waals surface area contributed by atoms with Gasteiger partial charge >= 0.3 is 12.1 Å². The van der Waals surface area contributed by atoms with Crippen molar-refractivity contribution in [2.75, 3.05) is 6.54 Å². The Morgan fingerprint density at radius 2 is 1.79 bits per heavy atom. The first-order valence-corrected chi connectivity index (χ1v) is 15.0. The van der Waals surface area contributed by atoms with Crippen LogP contribution in [0.4, 0.5) is 13.2 Å². The summed E-state index contributed by atoms with van der Waals surface area (Å²) in [5, 5.41) is 11.3. The molecule has 0 aromatic heterocycles. The highest BCUT2D eigenvalue weighted by Crippen LogP contribution is 2.48. The van der Waals surface area contributed by atoms with Crippen LogP contribution in [0, 0.1) is 11.8 Å². The predicted molar refractivity (Wildman–Crippen MR) is 158 cm³/mol. The summed E-state index contributed by atoms with van der Waals surface area (Å²) in [4.78, 5) is 44.3. The number of hydrogen-bond donors (Lipinski definition) is 2. The Hall–Kier alpha value is -3.40. The van der Waals surface area contributed by atoms with Gasteiger partial charge in [-0.2, -0.15) is 13.2 Å². The van der Waals surface area contributed by atoms with E-state index < -0.39 is 41.2 Å². The molecule has 232 valence electrons. The summed E-state index contributed by atoms with van der Waals surface area (Å²) < 4.78 is 41.0. The summed E-state index contributed by atoms with van der Waals surface area (Å²) in [6, 6.07) is 9.50. The van der Waals surface area contributed by atoms with Crippen LogP contribution in [-0.2, 0) is 15.8 Å². The summed E-state index contributed by atoms with van der Waals surface area (Å²) in [5.74, 6) is -0.957. The highest BCUT2D eigenvalue weighted by molar-refractivity contribution is 6.47. The van der Waals surface area contributed by atoms with Gasteiger partial charge in [-0.15, -0.1) is 0 Å². The van der Waals surface area contributed by atoms with Crippen LogP contribution >= 0.6 is 11.6 Å². The molecule has 11 heteroatoms. The molecule has 0 bridgehead atoms. The van der Waals surface area contributed by atoms with Gasteiger partial charge in [-0.25, -0.2) is 0 Å². The van der Waals surface area contributed by atoms with E-state index in [0.29, 0.717) is 36.7 Å². The van der Waals surface area contributed by atoms with Crippen LogP contribution in [-0.4, -0.2) is 45.7 Å². The van der Waals surface area contributed by atoms with Gasteiger partial charge in [0, 0.05) is 22.7 Å². The molecule has 2 aromatic rings. The number of benzene rings is 2. The number of nitrogens with zero attached hydrogens (tertiary/aromatic N) is 2. The predicted octanol–water partition coefficient (Wildman–Crippen LogP) is 7.28. The van der Waals surface area contributed by atoms with Gasteiger partial charge in [-0.3, -0.25) is 19.4 Å². The molecule has 1 aliphatic heterocycles. The molecule has 2 N–H and O–H groups in total. The zero-order valence-electron chi connectivity index (χ0n) is 24.5. The van der Waals surface area contributed by atoms with Crippen LogP contribution in [0.3, 0.4) is 0 Å². The Kier molecular flexibility index (Phi) is 9.89. The normalized spacial score (nSPS) is 21.3. The lowest BCUT2D eigenvalue weighted by atomic mass is 9.76. The molecule has 1 atom stereocenters. The first-order chi connectivity index (χ1) is 20.3. The Bertz CT molecular complexity index is 1380. The number of aliphatic imine (C=N–C) groups is 1. The van der Waals surface area contributed by atoms with Crippen molar-refractivity contribution in [3.05, 3.63) is 69.7 Å². The van der Waals surface area contributed by atoms with E-state index >= 15 is 0 Å². The zero-order chi connectivity index (χ0) is 31.5. The van der Waals surface area contributed by atoms with E-state index in [9.17, 15) is 27.6 Å². The number of hydrogen-bond acceptors (Lipinski definition) is 4. The van der Waals surface area contributed by atoms with Crippen LogP contribution in [0.25, 0.3) is 0 Å². The molecule has 1 heterocycles. The van der Waals surface area contributed by atoms with Crippen molar-refractivity contribution in [1.29, 1.82) is 0 Å². The van der Waals surface area contributed by atoms with Crippen LogP contribution in [0.15, 0.2) is 47.5 Å². The molecule has 1 fully saturated rings. The van der Waals surface area contributed by atoms with Gasteiger partial charge in [0.1, 0.15) is 11.4 Å². The number of carbonyl (C=O) groups is 3. The molecule has 0 saturated heterocycles. The van der Waals surface area contributed by atoms with Gasteiger partial charge in [-0.05, 0) is 79.8 Å². The minimum absolute atomic E-state index is 0.00375. The fourth-order valence-electron chi connectivity index (χ4n) is 6.20. The number of rotatable bonds is 10. The summed E-state index contributed by atoms with van der Waals surface area (Å²) in [7, 11) is 0. The fourth-order valence-corrected chi connectivity index (χ4v) is 6.44. The lowest BCUT2D eigenvalue weighted by Crippen LogP contribution is -2.51. The summed E-state index contributed by atoms with van der Waals surface area (Å²) >= 11 is 6.10. The number of amides is 2. The zero-order valence-corrected chi connectivity index (χ0v) is 25.3. The van der Waals surface area contributed by atoms with E-state index in [1.54, 1.807) is 29.2 Å². The number of nitrogens with one attached hydrogen (secondary N) is 1. The van der Waals surface area contributed by atoms with Gasteiger partial charge in [0.05, 0.1) is 18.0 Å². The molecular formula is C32H37ClF3N3O4. The van der Waals surface area contributed by atoms with Crippen molar-refractivity contribution in [2.45, 2.75) is 83.6 Å². The summed E-state index contributed by atoms with van der Waals surface area (Å²) in [5.41, 5.74) is -0.705. The second kappa shape index (κ2) is 13.1. The van der Waals surface area contributed by atoms with Crippen molar-refractivity contribution in [3.8, 4) is 0 Å². The lowest BCUT2D eigenvalue weighted by molar-refractivity contribution is -0.138. The third kappa shape index (κ3) is 7.22. The fraction of sp³-hybridized carbons (Fsp3) is 0.500. The smallest absolute Gasteiger partial charge is 0.416 e. The molecule has 4 rings (SSSR count). The number of carbonyl (C=O) groups excluding carboxylic acids is 2. The van der Waals surface area contributed by atoms with E-state index in [1.165, 1.54) is 6.07 Å². The van der Waals surface area contributed by atoms with Gasteiger partial charge in [0.25, 0.3) is 11.8 Å². The van der Waals surface area contributed by atoms with E-state index in [0.717, 1.165) is 37.0 Å². The molecule has 2 amide bonds. The molecule has 2 aliphatic rings. The molecule has 43 heavy (non-hydrogen) atoms. The molecule has 2 aromatic carbocycles. The first-order valence-electron chi connectivity index (χ1n) is 14.7. The van der Waals surface area contributed by atoms with E-state index in [4.69, 9.17) is 21.7 Å². The average Bonchev–Trinajstić information content (AvgIpc) is 3.22.